The van der Waals surface area contributed by atoms with Crippen LogP contribution >= 0.6 is 34.5 Å². The molecule has 0 saturated carbocycles. The second-order valence-electron chi connectivity index (χ2n) is 6.47. The van der Waals surface area contributed by atoms with E-state index in [1.807, 2.05) is 46.6 Å². The summed E-state index contributed by atoms with van der Waals surface area (Å²) in [5.41, 5.74) is 2.99. The average molecular weight is 454 g/mol. The van der Waals surface area contributed by atoms with E-state index >= 15 is 0 Å². The molecule has 1 N–H and O–H groups in total. The van der Waals surface area contributed by atoms with Crippen molar-refractivity contribution in [1.29, 1.82) is 0 Å². The number of thiazole rings is 1. The van der Waals surface area contributed by atoms with E-state index in [0.717, 1.165) is 16.9 Å². The Morgan fingerprint density at radius 1 is 1.03 bits per heavy atom. The van der Waals surface area contributed by atoms with Gasteiger partial charge in [-0.2, -0.15) is 4.98 Å². The summed E-state index contributed by atoms with van der Waals surface area (Å²) < 4.78 is 3.61. The molecule has 0 radical (unpaired) electrons. The minimum absolute atomic E-state index is 0.223. The summed E-state index contributed by atoms with van der Waals surface area (Å²) in [4.78, 5) is 17.7. The van der Waals surface area contributed by atoms with Gasteiger partial charge in [0, 0.05) is 39.6 Å². The number of halogens is 2. The number of nitrogens with zero attached hydrogens (tertiary/aromatic N) is 4. The molecule has 0 aliphatic rings. The van der Waals surface area contributed by atoms with Crippen molar-refractivity contribution in [2.45, 2.75) is 0 Å². The minimum atomic E-state index is -0.283. The van der Waals surface area contributed by atoms with Crippen molar-refractivity contribution in [3.05, 3.63) is 88.0 Å². The van der Waals surface area contributed by atoms with E-state index in [-0.39, 0.29) is 11.9 Å². The fourth-order valence-corrected chi connectivity index (χ4v) is 4.29. The molecule has 0 fully saturated rings. The van der Waals surface area contributed by atoms with E-state index in [1.165, 1.54) is 11.3 Å². The molecule has 3 heterocycles. The van der Waals surface area contributed by atoms with Crippen molar-refractivity contribution < 1.29 is 4.79 Å². The maximum atomic E-state index is 12.6. The van der Waals surface area contributed by atoms with Crippen LogP contribution in [0.25, 0.3) is 21.9 Å². The summed E-state index contributed by atoms with van der Waals surface area (Å²) in [6, 6.07) is 16.4. The molecule has 3 aromatic heterocycles. The summed E-state index contributed by atoms with van der Waals surface area (Å²) in [6.07, 6.45) is 3.89. The number of hydrogen-bond donors (Lipinski definition) is 1. The number of nitrogens with one attached hydrogen (secondary N) is 1. The summed E-state index contributed by atoms with van der Waals surface area (Å²) >= 11 is 13.8. The lowest BCUT2D eigenvalue weighted by Crippen LogP contribution is -2.13. The van der Waals surface area contributed by atoms with Crippen LogP contribution in [0.2, 0.25) is 10.0 Å². The van der Waals surface area contributed by atoms with Crippen LogP contribution in [0.4, 0.5) is 5.95 Å². The van der Waals surface area contributed by atoms with Crippen LogP contribution in [-0.2, 0) is 0 Å². The molecule has 30 heavy (non-hydrogen) atoms. The predicted octanol–water partition coefficient (Wildman–Crippen LogP) is 5.81. The quantitative estimate of drug-likeness (QED) is 0.373. The maximum absolute atomic E-state index is 12.6. The molecule has 0 aliphatic heterocycles. The zero-order chi connectivity index (χ0) is 20.7. The van der Waals surface area contributed by atoms with E-state index in [2.05, 4.69) is 15.4 Å². The molecule has 5 aromatic rings. The van der Waals surface area contributed by atoms with Crippen molar-refractivity contribution >= 4 is 51.4 Å². The van der Waals surface area contributed by atoms with Gasteiger partial charge in [-0.05, 0) is 54.6 Å². The summed E-state index contributed by atoms with van der Waals surface area (Å²) in [5, 5.41) is 10.2. The molecule has 5 rings (SSSR count). The molecule has 0 unspecified atom stereocenters. The van der Waals surface area contributed by atoms with Crippen molar-refractivity contribution in [1.82, 2.24) is 19.2 Å². The Kier molecular flexibility index (Phi) is 4.78. The van der Waals surface area contributed by atoms with Gasteiger partial charge in [0.15, 0.2) is 0 Å². The zero-order valence-electron chi connectivity index (χ0n) is 15.3. The second-order valence-corrected chi connectivity index (χ2v) is 8.15. The summed E-state index contributed by atoms with van der Waals surface area (Å²) in [7, 11) is 0. The van der Waals surface area contributed by atoms with E-state index in [1.54, 1.807) is 34.8 Å². The minimum Gasteiger partial charge on any atom is -0.324 e. The number of rotatable bonds is 4. The van der Waals surface area contributed by atoms with E-state index in [9.17, 15) is 4.79 Å². The number of anilines is 1. The number of carbonyl (C=O) groups is 1. The third-order valence-corrected chi connectivity index (χ3v) is 5.92. The smallest absolute Gasteiger partial charge is 0.258 e. The molecule has 148 valence electrons. The van der Waals surface area contributed by atoms with Crippen molar-refractivity contribution in [2.24, 2.45) is 0 Å². The fraction of sp³-hybridized carbons (Fsp3) is 0. The van der Waals surface area contributed by atoms with E-state index < -0.39 is 0 Å². The topological polar surface area (TPSA) is 64.2 Å². The molecule has 6 nitrogen and oxygen atoms in total. The number of hydrogen-bond acceptors (Lipinski definition) is 4. The van der Waals surface area contributed by atoms with Gasteiger partial charge in [0.1, 0.15) is 0 Å². The van der Waals surface area contributed by atoms with Crippen LogP contribution in [0.3, 0.4) is 0 Å². The predicted molar refractivity (Wildman–Crippen MR) is 120 cm³/mol. The maximum Gasteiger partial charge on any atom is 0.258 e. The lowest BCUT2D eigenvalue weighted by Gasteiger charge is -2.05. The van der Waals surface area contributed by atoms with Gasteiger partial charge in [0.2, 0.25) is 4.96 Å². The number of benzene rings is 2. The van der Waals surface area contributed by atoms with Crippen molar-refractivity contribution in [2.75, 3.05) is 5.32 Å². The monoisotopic (exact) mass is 453 g/mol. The Bertz CT molecular complexity index is 1360. The number of aromatic nitrogens is 4. The Hall–Kier alpha value is -3.13. The molecular formula is C21H13Cl2N5OS. The SMILES string of the molecule is O=C(Nc1nc2scc(-c3cc(Cl)ccc3Cl)n2n1)c1ccc(-n2cccc2)cc1. The highest BCUT2D eigenvalue weighted by molar-refractivity contribution is 7.15. The van der Waals surface area contributed by atoms with Crippen LogP contribution in [0.15, 0.2) is 72.4 Å². The Morgan fingerprint density at radius 2 is 1.80 bits per heavy atom. The third-order valence-electron chi connectivity index (χ3n) is 4.54. The van der Waals surface area contributed by atoms with Crippen LogP contribution in [-0.4, -0.2) is 25.1 Å². The summed E-state index contributed by atoms with van der Waals surface area (Å²) in [6.45, 7) is 0. The Morgan fingerprint density at radius 3 is 2.57 bits per heavy atom. The standard InChI is InChI=1S/C21H13Cl2N5OS/c22-14-5-8-17(23)16(11-14)18-12-30-21-25-20(26-28(18)21)24-19(29)13-3-6-15(7-4-13)27-9-1-2-10-27/h1-12H,(H,24,26,29). The van der Waals surface area contributed by atoms with Crippen molar-refractivity contribution in [3.63, 3.8) is 0 Å². The highest BCUT2D eigenvalue weighted by Gasteiger charge is 2.16. The molecule has 0 atom stereocenters. The van der Waals surface area contributed by atoms with Crippen molar-refractivity contribution in [3.8, 4) is 16.9 Å². The van der Waals surface area contributed by atoms with Gasteiger partial charge in [0.25, 0.3) is 11.9 Å². The fourth-order valence-electron chi connectivity index (χ4n) is 3.08. The van der Waals surface area contributed by atoms with Gasteiger partial charge in [-0.3, -0.25) is 10.1 Å². The van der Waals surface area contributed by atoms with E-state index in [0.29, 0.717) is 20.6 Å². The van der Waals surface area contributed by atoms with Gasteiger partial charge in [-0.1, -0.05) is 23.2 Å². The second kappa shape index (κ2) is 7.60. The van der Waals surface area contributed by atoms with Crippen LogP contribution < -0.4 is 5.32 Å². The lowest BCUT2D eigenvalue weighted by molar-refractivity contribution is 0.102. The zero-order valence-corrected chi connectivity index (χ0v) is 17.6. The first-order valence-electron chi connectivity index (χ1n) is 8.93. The number of amides is 1. The Balaban J connectivity index is 1.40. The highest BCUT2D eigenvalue weighted by atomic mass is 35.5. The first kappa shape index (κ1) is 18.9. The van der Waals surface area contributed by atoms with Gasteiger partial charge < -0.3 is 4.57 Å². The molecule has 0 bridgehead atoms. The van der Waals surface area contributed by atoms with Gasteiger partial charge >= 0.3 is 0 Å². The van der Waals surface area contributed by atoms with Crippen LogP contribution in [0.1, 0.15) is 10.4 Å². The molecule has 1 amide bonds. The molecule has 0 spiro atoms. The first-order valence-corrected chi connectivity index (χ1v) is 10.6. The molecule has 0 saturated heterocycles. The van der Waals surface area contributed by atoms with Gasteiger partial charge in [0.05, 0.1) is 10.7 Å². The first-order chi connectivity index (χ1) is 14.6. The molecule has 2 aromatic carbocycles. The third kappa shape index (κ3) is 3.47. The number of fused-ring (bicyclic) bond motifs is 1. The number of carbonyl (C=O) groups excluding carboxylic acids is 1. The Labute approximate surface area is 185 Å². The van der Waals surface area contributed by atoms with Crippen LogP contribution in [0, 0.1) is 0 Å². The largest absolute Gasteiger partial charge is 0.324 e. The molecule has 0 aliphatic carbocycles. The molecular weight excluding hydrogens is 441 g/mol. The summed E-state index contributed by atoms with van der Waals surface area (Å²) in [5.74, 6) is -0.0598. The lowest BCUT2D eigenvalue weighted by atomic mass is 10.2. The highest BCUT2D eigenvalue weighted by Crippen LogP contribution is 2.33. The van der Waals surface area contributed by atoms with Gasteiger partial charge in [-0.15, -0.1) is 16.4 Å². The van der Waals surface area contributed by atoms with E-state index in [4.69, 9.17) is 23.2 Å². The average Bonchev–Trinajstić information content (AvgIpc) is 3.48. The normalized spacial score (nSPS) is 11.1. The van der Waals surface area contributed by atoms with Gasteiger partial charge in [-0.25, -0.2) is 4.52 Å². The van der Waals surface area contributed by atoms with Crippen LogP contribution in [0.5, 0.6) is 0 Å². The molecule has 9 heteroatoms.